The second-order valence-electron chi connectivity index (χ2n) is 5.94. The Morgan fingerprint density at radius 3 is 1.96 bits per heavy atom. The number of amides is 1. The maximum absolute atomic E-state index is 11.9. The molecule has 1 unspecified atom stereocenters. The monoisotopic (exact) mass is 389 g/mol. The molecule has 0 aliphatic rings. The van der Waals surface area contributed by atoms with Gasteiger partial charge in [-0.15, -0.1) is 0 Å². The van der Waals surface area contributed by atoms with Crippen molar-refractivity contribution in [3.8, 4) is 0 Å². The first-order valence-corrected chi connectivity index (χ1v) is 10.1. The third kappa shape index (κ3) is 14.8. The first kappa shape index (κ1) is 26.8. The Bertz CT molecular complexity index is 459. The van der Waals surface area contributed by atoms with Crippen molar-refractivity contribution in [2.75, 3.05) is 5.75 Å². The summed E-state index contributed by atoms with van der Waals surface area (Å²) in [7, 11) is -4.21. The zero-order valence-electron chi connectivity index (χ0n) is 16.4. The molecule has 6 nitrogen and oxygen atoms in total. The Hall–Kier alpha value is 0.526. The van der Waals surface area contributed by atoms with Crippen molar-refractivity contribution in [3.05, 3.63) is 0 Å². The number of hydrogen-bond donors (Lipinski definition) is 1. The molecule has 24 heavy (non-hydrogen) atoms. The smallest absolute Gasteiger partial charge is 1.00 e. The summed E-state index contributed by atoms with van der Waals surface area (Å²) >= 11 is 0. The van der Waals surface area contributed by atoms with E-state index in [4.69, 9.17) is 5.73 Å². The van der Waals surface area contributed by atoms with Gasteiger partial charge in [-0.3, -0.25) is 9.59 Å². The van der Waals surface area contributed by atoms with Crippen LogP contribution in [0.1, 0.15) is 79.5 Å². The van der Waals surface area contributed by atoms with Gasteiger partial charge in [-0.1, -0.05) is 65.2 Å². The van der Waals surface area contributed by atoms with Gasteiger partial charge in [0, 0.05) is 0 Å². The maximum Gasteiger partial charge on any atom is 1.00 e. The van der Waals surface area contributed by atoms with Gasteiger partial charge in [-0.05, 0) is 12.8 Å². The molecule has 0 radical (unpaired) electrons. The molecule has 0 rings (SSSR count). The molecule has 8 heteroatoms. The molecular formula is C16H32KNO5S. The Balaban J connectivity index is -0.00000242. The second-order valence-corrected chi connectivity index (χ2v) is 7.51. The van der Waals surface area contributed by atoms with Crippen LogP contribution in [0.5, 0.6) is 0 Å². The summed E-state index contributed by atoms with van der Waals surface area (Å²) < 4.78 is 27.3. The predicted octanol–water partition coefficient (Wildman–Crippen LogP) is 0.0182. The number of nitrogens with two attached hydrogens (primary N) is 1. The summed E-state index contributed by atoms with van der Waals surface area (Å²) in [5.74, 6) is -3.23. The molecule has 2 N–H and O–H groups in total. The third-order valence-corrected chi connectivity index (χ3v) is 4.82. The van der Waals surface area contributed by atoms with Crippen molar-refractivity contribution in [2.24, 2.45) is 11.7 Å². The summed E-state index contributed by atoms with van der Waals surface area (Å²) in [6, 6.07) is 0. The number of unbranched alkanes of at least 4 members (excludes halogenated alkanes) is 7. The molecule has 0 aromatic rings. The van der Waals surface area contributed by atoms with E-state index in [-0.39, 0.29) is 52.8 Å². The van der Waals surface area contributed by atoms with E-state index in [1.807, 2.05) is 6.92 Å². The third-order valence-electron chi connectivity index (χ3n) is 3.76. The quantitative estimate of drug-likeness (QED) is 0.256. The zero-order valence-corrected chi connectivity index (χ0v) is 19.3. The number of carbonyl (C=O) groups is 2. The minimum absolute atomic E-state index is 0. The molecule has 1 atom stereocenters. The minimum Gasteiger partial charge on any atom is -1.00 e. The molecule has 0 heterocycles. The molecule has 0 spiro atoms. The number of rotatable bonds is 14. The van der Waals surface area contributed by atoms with Gasteiger partial charge in [-0.25, -0.2) is 0 Å². The van der Waals surface area contributed by atoms with Crippen LogP contribution in [0, 0.1) is 5.92 Å². The zero-order chi connectivity index (χ0) is 17.7. The fourth-order valence-electron chi connectivity index (χ4n) is 2.41. The van der Waals surface area contributed by atoms with Crippen LogP contribution in [0.3, 0.4) is 0 Å². The summed E-state index contributed by atoms with van der Waals surface area (Å²) in [6.07, 6.45) is 10.4. The van der Waals surface area contributed by atoms with Gasteiger partial charge >= 0.3 is 67.5 Å². The number of carbonyl (C=O) groups excluding carboxylic acids is 2. The molecule has 0 fully saturated rings. The van der Waals surface area contributed by atoms with E-state index in [0.29, 0.717) is 12.8 Å². The van der Waals surface area contributed by atoms with Crippen LogP contribution in [-0.4, -0.2) is 26.0 Å². The molecule has 0 aromatic carbocycles. The van der Waals surface area contributed by atoms with Gasteiger partial charge in [-0.2, -0.15) is 8.42 Å². The van der Waals surface area contributed by atoms with E-state index >= 15 is 0 Å². The van der Waals surface area contributed by atoms with Crippen LogP contribution < -0.4 is 57.1 Å². The largest absolute Gasteiger partial charge is 1.00 e. The number of hydrogen-bond acceptors (Lipinski definition) is 5. The first-order valence-electron chi connectivity index (χ1n) is 8.56. The molecule has 0 bridgehead atoms. The van der Waals surface area contributed by atoms with Crippen molar-refractivity contribution >= 4 is 22.0 Å². The van der Waals surface area contributed by atoms with E-state index < -0.39 is 33.7 Å². The van der Waals surface area contributed by atoms with Gasteiger partial charge in [0.05, 0.1) is 5.92 Å². The van der Waals surface area contributed by atoms with Crippen LogP contribution in [0.4, 0.5) is 0 Å². The van der Waals surface area contributed by atoms with Crippen LogP contribution in [0.15, 0.2) is 0 Å². The van der Waals surface area contributed by atoms with E-state index in [0.717, 1.165) is 19.3 Å². The van der Waals surface area contributed by atoms with E-state index in [1.165, 1.54) is 32.1 Å². The van der Waals surface area contributed by atoms with E-state index in [2.05, 4.69) is 11.1 Å². The van der Waals surface area contributed by atoms with Crippen LogP contribution in [0.2, 0.25) is 0 Å². The fourth-order valence-corrected chi connectivity index (χ4v) is 3.20. The molecular weight excluding hydrogens is 357 g/mol. The molecule has 0 saturated heterocycles. The van der Waals surface area contributed by atoms with E-state index in [9.17, 15) is 18.0 Å². The van der Waals surface area contributed by atoms with Gasteiger partial charge in [0.15, 0.2) is 5.75 Å². The topological polar surface area (TPSA) is 104 Å². The van der Waals surface area contributed by atoms with Crippen LogP contribution in [0.25, 0.3) is 0 Å². The Morgan fingerprint density at radius 2 is 1.50 bits per heavy atom. The molecule has 0 aliphatic carbocycles. The second kappa shape index (κ2) is 15.8. The average molecular weight is 390 g/mol. The summed E-state index contributed by atoms with van der Waals surface area (Å²) in [5.41, 5.74) is 4.81. The summed E-state index contributed by atoms with van der Waals surface area (Å²) in [5, 5.41) is 0. The standard InChI is InChI=1S/C16H31NO5S.K.H/c1-3-5-6-7-8-9-10-11-12-14(4-2)16(19)22-23(20,21)13-15(17)18;;/h14H,3-13H2,1-2H3,(H2,17,18);;/q;+1;-1. The first-order chi connectivity index (χ1) is 10.8. The average Bonchev–Trinajstić information content (AvgIpc) is 2.43. The van der Waals surface area contributed by atoms with Crippen LogP contribution in [-0.2, 0) is 23.9 Å². The molecule has 1 amide bonds. The Labute approximate surface area is 190 Å². The SMILES string of the molecule is CCCCCCCCCCC(CC)C(=O)OS(=O)(=O)CC(N)=O.[H-].[K+]. The maximum atomic E-state index is 11.9. The van der Waals surface area contributed by atoms with Crippen molar-refractivity contribution in [1.29, 1.82) is 0 Å². The van der Waals surface area contributed by atoms with Gasteiger partial charge in [0.1, 0.15) is 0 Å². The van der Waals surface area contributed by atoms with Gasteiger partial charge < -0.3 is 11.3 Å². The minimum atomic E-state index is -4.21. The van der Waals surface area contributed by atoms with Crippen molar-refractivity contribution in [3.63, 3.8) is 0 Å². The van der Waals surface area contributed by atoms with Crippen molar-refractivity contribution in [2.45, 2.75) is 78.1 Å². The normalized spacial score (nSPS) is 12.2. The summed E-state index contributed by atoms with van der Waals surface area (Å²) in [4.78, 5) is 22.5. The van der Waals surface area contributed by atoms with Gasteiger partial charge in [0.2, 0.25) is 5.91 Å². The van der Waals surface area contributed by atoms with Crippen molar-refractivity contribution in [1.82, 2.24) is 0 Å². The molecule has 0 aromatic heterocycles. The fraction of sp³-hybridized carbons (Fsp3) is 0.875. The Kier molecular flexibility index (Phi) is 17.6. The van der Waals surface area contributed by atoms with E-state index in [1.54, 1.807) is 0 Å². The van der Waals surface area contributed by atoms with Crippen molar-refractivity contribution < 1.29 is 75.0 Å². The Morgan fingerprint density at radius 1 is 1.00 bits per heavy atom. The molecule has 0 saturated carbocycles. The molecule has 138 valence electrons. The molecule has 0 aliphatic heterocycles. The van der Waals surface area contributed by atoms with Crippen LogP contribution >= 0.6 is 0 Å². The summed E-state index contributed by atoms with van der Waals surface area (Å²) in [6.45, 7) is 4.00. The van der Waals surface area contributed by atoms with Gasteiger partial charge in [0.25, 0.3) is 0 Å². The number of primary amides is 1. The predicted molar refractivity (Wildman–Crippen MR) is 91.2 cm³/mol.